The van der Waals surface area contributed by atoms with Gasteiger partial charge in [-0.15, -0.1) is 0 Å². The average Bonchev–Trinajstić information content (AvgIpc) is 2.70. The maximum absolute atomic E-state index is 11.9. The summed E-state index contributed by atoms with van der Waals surface area (Å²) in [5, 5.41) is 29.0. The minimum Gasteiger partial charge on any atom is -0.459 e. The lowest BCUT2D eigenvalue weighted by Crippen LogP contribution is -2.27. The maximum atomic E-state index is 11.9. The van der Waals surface area contributed by atoms with Crippen LogP contribution in [0.25, 0.3) is 0 Å². The molecule has 0 aromatic carbocycles. The molecule has 174 valence electrons. The lowest BCUT2D eigenvalue weighted by molar-refractivity contribution is -0.144. The average molecular weight is 433 g/mol. The second-order valence-corrected chi connectivity index (χ2v) is 8.56. The van der Waals surface area contributed by atoms with Gasteiger partial charge in [0.25, 0.3) is 0 Å². The van der Waals surface area contributed by atoms with E-state index < -0.39 is 18.3 Å². The van der Waals surface area contributed by atoms with Gasteiger partial charge in [-0.25, -0.2) is 4.79 Å². The minimum absolute atomic E-state index is 0.0729. The topological polar surface area (TPSA) is 87.0 Å². The van der Waals surface area contributed by atoms with E-state index in [0.717, 1.165) is 48.8 Å². The molecule has 0 unspecified atom stereocenters. The van der Waals surface area contributed by atoms with Crippen LogP contribution in [0.4, 0.5) is 0 Å². The lowest BCUT2D eigenvalue weighted by Gasteiger charge is -2.20. The summed E-state index contributed by atoms with van der Waals surface area (Å²) in [6.07, 6.45) is 16.6. The first-order chi connectivity index (χ1) is 14.7. The second kappa shape index (κ2) is 15.0. The molecule has 1 aliphatic rings. The Hall–Kier alpha value is -1.95. The van der Waals surface area contributed by atoms with E-state index in [1.807, 2.05) is 39.0 Å². The summed E-state index contributed by atoms with van der Waals surface area (Å²) < 4.78 is 5.48. The minimum atomic E-state index is -1.00. The van der Waals surface area contributed by atoms with Crippen molar-refractivity contribution < 1.29 is 24.9 Å². The predicted molar refractivity (Wildman–Crippen MR) is 125 cm³/mol. The number of esters is 1. The molecule has 3 N–H and O–H groups in total. The Morgan fingerprint density at radius 1 is 0.968 bits per heavy atom. The molecule has 0 aromatic heterocycles. The van der Waals surface area contributed by atoms with Crippen LogP contribution in [-0.2, 0) is 9.53 Å². The van der Waals surface area contributed by atoms with E-state index in [0.29, 0.717) is 0 Å². The lowest BCUT2D eigenvalue weighted by atomic mass is 9.98. The van der Waals surface area contributed by atoms with Gasteiger partial charge in [0.1, 0.15) is 6.10 Å². The summed E-state index contributed by atoms with van der Waals surface area (Å²) >= 11 is 0. The molecule has 1 aliphatic carbocycles. The van der Waals surface area contributed by atoms with Crippen molar-refractivity contribution in [3.8, 4) is 0 Å². The number of ether oxygens (including phenoxy) is 1. The molecule has 0 radical (unpaired) electrons. The van der Waals surface area contributed by atoms with Crippen molar-refractivity contribution >= 4 is 5.97 Å². The van der Waals surface area contributed by atoms with Crippen LogP contribution in [-0.4, -0.2) is 45.7 Å². The van der Waals surface area contributed by atoms with E-state index in [9.17, 15) is 20.1 Å². The third kappa shape index (κ3) is 13.1. The Bertz CT molecular complexity index is 691. The van der Waals surface area contributed by atoms with E-state index in [-0.39, 0.29) is 18.5 Å². The molecular weight excluding hydrogens is 392 g/mol. The highest BCUT2D eigenvalue weighted by molar-refractivity contribution is 5.82. The first-order valence-electron chi connectivity index (χ1n) is 11.3. The molecular formula is C26H40O5. The quantitative estimate of drug-likeness (QED) is 0.250. The molecule has 0 spiro atoms. The highest BCUT2D eigenvalue weighted by Crippen LogP contribution is 2.20. The molecule has 5 heteroatoms. The number of carbonyl (C=O) groups excluding carboxylic acids is 1. The number of hydrogen-bond donors (Lipinski definition) is 3. The Balaban J connectivity index is 2.46. The molecule has 0 heterocycles. The highest BCUT2D eigenvalue weighted by atomic mass is 16.5. The monoisotopic (exact) mass is 432 g/mol. The van der Waals surface area contributed by atoms with Crippen LogP contribution in [0.5, 0.6) is 0 Å². The summed E-state index contributed by atoms with van der Waals surface area (Å²) in [6, 6.07) is 0. The van der Waals surface area contributed by atoms with Crippen LogP contribution >= 0.6 is 0 Å². The molecule has 0 aromatic rings. The first-order valence-corrected chi connectivity index (χ1v) is 11.3. The van der Waals surface area contributed by atoms with Gasteiger partial charge >= 0.3 is 5.97 Å². The third-order valence-corrected chi connectivity index (χ3v) is 5.14. The van der Waals surface area contributed by atoms with Gasteiger partial charge in [-0.2, -0.15) is 0 Å². The van der Waals surface area contributed by atoms with E-state index in [1.54, 1.807) is 19.1 Å². The van der Waals surface area contributed by atoms with Crippen molar-refractivity contribution in [2.24, 2.45) is 0 Å². The van der Waals surface area contributed by atoms with Crippen LogP contribution in [0.2, 0.25) is 0 Å². The summed E-state index contributed by atoms with van der Waals surface area (Å²) in [5.41, 5.74) is 2.90. The van der Waals surface area contributed by atoms with Crippen molar-refractivity contribution in [2.45, 2.75) is 97.1 Å². The smallest absolute Gasteiger partial charge is 0.331 e. The van der Waals surface area contributed by atoms with E-state index in [1.165, 1.54) is 12.5 Å². The van der Waals surface area contributed by atoms with Gasteiger partial charge in [-0.05, 0) is 59.8 Å². The molecule has 0 aliphatic heterocycles. The van der Waals surface area contributed by atoms with Crippen LogP contribution in [0.1, 0.15) is 72.6 Å². The summed E-state index contributed by atoms with van der Waals surface area (Å²) in [6.45, 7) is 7.39. The van der Waals surface area contributed by atoms with Gasteiger partial charge in [0.05, 0.1) is 18.3 Å². The number of hydrogen-bond acceptors (Lipinski definition) is 5. The predicted octanol–water partition coefficient (Wildman–Crippen LogP) is 4.70. The zero-order valence-electron chi connectivity index (χ0n) is 19.5. The van der Waals surface area contributed by atoms with E-state index in [4.69, 9.17) is 4.74 Å². The van der Waals surface area contributed by atoms with Crippen LogP contribution in [0, 0.1) is 0 Å². The molecule has 0 saturated heterocycles. The fourth-order valence-corrected chi connectivity index (χ4v) is 3.48. The van der Waals surface area contributed by atoms with Crippen molar-refractivity contribution in [2.75, 3.05) is 0 Å². The van der Waals surface area contributed by atoms with Gasteiger partial charge in [0.2, 0.25) is 0 Å². The van der Waals surface area contributed by atoms with Gasteiger partial charge in [0.15, 0.2) is 0 Å². The van der Waals surface area contributed by atoms with Crippen molar-refractivity contribution in [3.63, 3.8) is 0 Å². The molecule has 1 saturated carbocycles. The van der Waals surface area contributed by atoms with Crippen molar-refractivity contribution in [1.82, 2.24) is 0 Å². The largest absolute Gasteiger partial charge is 0.459 e. The van der Waals surface area contributed by atoms with Gasteiger partial charge in [-0.3, -0.25) is 0 Å². The fraction of sp³-hybridized carbons (Fsp3) is 0.577. The van der Waals surface area contributed by atoms with Crippen molar-refractivity contribution in [1.29, 1.82) is 0 Å². The Kier molecular flexibility index (Phi) is 13.1. The van der Waals surface area contributed by atoms with Gasteiger partial charge in [-0.1, -0.05) is 59.6 Å². The second-order valence-electron chi connectivity index (χ2n) is 8.56. The Morgan fingerprint density at radius 3 is 2.29 bits per heavy atom. The molecule has 1 fully saturated rings. The highest BCUT2D eigenvalue weighted by Gasteiger charge is 2.16. The van der Waals surface area contributed by atoms with Crippen LogP contribution in [0.15, 0.2) is 59.3 Å². The van der Waals surface area contributed by atoms with Gasteiger partial charge < -0.3 is 20.1 Å². The molecule has 5 nitrogen and oxygen atoms in total. The zero-order chi connectivity index (χ0) is 23.2. The standard InChI is InChI=1S/C26H40O5/c1-19(10-8-9-11-20(2)17-24(28)25(29)18-22(4)27)16-21(3)14-15-26(30)31-23-12-6-5-7-13-23/h9-11,14-17,22-25,27-29H,5-8,12-13,18H2,1-4H3/b11-9+,15-14+,19-10-,20-17+,21-16+/t22-,24-,25-/m0/s1. The number of allylic oxidation sites excluding steroid dienone is 8. The molecule has 0 bridgehead atoms. The molecule has 0 amide bonds. The zero-order valence-corrected chi connectivity index (χ0v) is 19.5. The fourth-order valence-electron chi connectivity index (χ4n) is 3.48. The summed E-state index contributed by atoms with van der Waals surface area (Å²) in [5.74, 6) is -0.271. The van der Waals surface area contributed by atoms with E-state index >= 15 is 0 Å². The van der Waals surface area contributed by atoms with E-state index in [2.05, 4.69) is 6.08 Å². The third-order valence-electron chi connectivity index (χ3n) is 5.14. The number of aliphatic hydroxyl groups excluding tert-OH is 3. The van der Waals surface area contributed by atoms with Crippen LogP contribution in [0.3, 0.4) is 0 Å². The Labute approximate surface area is 187 Å². The SMILES string of the molecule is CC(=C/C/C=C/C(C)=C/[C@H](O)[C@@H](O)C[C@H](C)O)/C=C(C)/C=C/C(=O)OC1CCCCC1. The van der Waals surface area contributed by atoms with Crippen LogP contribution < -0.4 is 0 Å². The Morgan fingerprint density at radius 2 is 1.65 bits per heavy atom. The number of aliphatic hydroxyl groups is 3. The molecule has 3 atom stereocenters. The summed E-state index contributed by atoms with van der Waals surface area (Å²) in [7, 11) is 0. The van der Waals surface area contributed by atoms with Gasteiger partial charge in [0, 0.05) is 12.5 Å². The number of rotatable bonds is 11. The maximum Gasteiger partial charge on any atom is 0.331 e. The number of carbonyl (C=O) groups is 1. The summed E-state index contributed by atoms with van der Waals surface area (Å²) in [4.78, 5) is 11.9. The van der Waals surface area contributed by atoms with Crippen molar-refractivity contribution in [3.05, 3.63) is 59.3 Å². The first kappa shape index (κ1) is 27.1. The normalized spacial score (nSPS) is 20.3. The molecule has 1 rings (SSSR count). The molecule has 31 heavy (non-hydrogen) atoms.